The Hall–Kier alpha value is -1.32. The Morgan fingerprint density at radius 2 is 1.94 bits per heavy atom. The molecule has 0 spiro atoms. The number of carbonyl (C=O) groups is 1. The highest BCUT2D eigenvalue weighted by atomic mass is 35.5. The van der Waals surface area contributed by atoms with Crippen molar-refractivity contribution in [3.8, 4) is 0 Å². The molecule has 0 aliphatic rings. The molecule has 0 N–H and O–H groups in total. The topological polar surface area (TPSA) is 20.3 Å². The number of hydrogen-bond acceptors (Lipinski definition) is 2. The zero-order chi connectivity index (χ0) is 11.4. The van der Waals surface area contributed by atoms with Crippen LogP contribution in [0.5, 0.6) is 0 Å². The van der Waals surface area contributed by atoms with Gasteiger partial charge in [0.25, 0.3) is 0 Å². The number of halogens is 1. The van der Waals surface area contributed by atoms with E-state index in [0.29, 0.717) is 6.54 Å². The molecule has 0 aliphatic heterocycles. The lowest BCUT2D eigenvalue weighted by molar-refractivity contribution is 0.264. The smallest absolute Gasteiger partial charge is 0.294 e. The normalized spacial score (nSPS) is 10.1. The summed E-state index contributed by atoms with van der Waals surface area (Å²) in [5.41, 5.74) is 0.816. The van der Waals surface area contributed by atoms with E-state index in [-0.39, 0.29) is 0 Å². The summed E-state index contributed by atoms with van der Waals surface area (Å²) >= 11 is 7.20. The summed E-state index contributed by atoms with van der Waals surface area (Å²) in [6, 6.07) is 13.4. The monoisotopic (exact) mass is 251 g/mol. The molecule has 0 radical (unpaired) electrons. The van der Waals surface area contributed by atoms with Gasteiger partial charge in [-0.2, -0.15) is 0 Å². The summed E-state index contributed by atoms with van der Waals surface area (Å²) in [6.07, 6.45) is 0. The Bertz CT molecular complexity index is 455. The van der Waals surface area contributed by atoms with Gasteiger partial charge in [0.05, 0.1) is 6.54 Å². The van der Waals surface area contributed by atoms with E-state index in [9.17, 15) is 4.79 Å². The quantitative estimate of drug-likeness (QED) is 0.594. The molecular formula is C12H10ClNOS. The lowest BCUT2D eigenvalue weighted by Gasteiger charge is -2.18. The third-order valence-electron chi connectivity index (χ3n) is 2.17. The number of amides is 1. The molecule has 1 heterocycles. The molecule has 0 bridgehead atoms. The fourth-order valence-corrected chi connectivity index (χ4v) is 2.27. The average molecular weight is 252 g/mol. The van der Waals surface area contributed by atoms with E-state index in [1.54, 1.807) is 16.2 Å². The van der Waals surface area contributed by atoms with Crippen molar-refractivity contribution >= 4 is 34.0 Å². The molecule has 2 rings (SSSR count). The molecule has 2 nitrogen and oxygen atoms in total. The van der Waals surface area contributed by atoms with Crippen LogP contribution in [0.1, 0.15) is 4.88 Å². The second-order valence-electron chi connectivity index (χ2n) is 3.25. The summed E-state index contributed by atoms with van der Waals surface area (Å²) < 4.78 is 0. The maximum atomic E-state index is 11.4. The van der Waals surface area contributed by atoms with E-state index < -0.39 is 5.37 Å². The summed E-state index contributed by atoms with van der Waals surface area (Å²) in [5.74, 6) is 0. The molecule has 2 aromatic rings. The van der Waals surface area contributed by atoms with E-state index in [4.69, 9.17) is 11.6 Å². The Labute approximate surface area is 103 Å². The number of hydrogen-bond donors (Lipinski definition) is 0. The van der Waals surface area contributed by atoms with Crippen molar-refractivity contribution in [1.82, 2.24) is 0 Å². The van der Waals surface area contributed by atoms with E-state index in [2.05, 4.69) is 0 Å². The second-order valence-corrected chi connectivity index (χ2v) is 4.61. The first-order valence-corrected chi connectivity index (χ1v) is 6.07. The third kappa shape index (κ3) is 2.62. The summed E-state index contributed by atoms with van der Waals surface area (Å²) in [5, 5.41) is 1.52. The van der Waals surface area contributed by atoms with Gasteiger partial charge in [0, 0.05) is 10.6 Å². The van der Waals surface area contributed by atoms with E-state index in [1.807, 2.05) is 47.8 Å². The number of nitrogens with zero attached hydrogens (tertiary/aromatic N) is 1. The molecule has 0 atom stereocenters. The van der Waals surface area contributed by atoms with Crippen LogP contribution in [0.2, 0.25) is 0 Å². The van der Waals surface area contributed by atoms with Crippen molar-refractivity contribution in [2.75, 3.05) is 4.90 Å². The molecule has 16 heavy (non-hydrogen) atoms. The van der Waals surface area contributed by atoms with Crippen molar-refractivity contribution < 1.29 is 4.79 Å². The molecule has 1 amide bonds. The first kappa shape index (κ1) is 11.2. The van der Waals surface area contributed by atoms with Gasteiger partial charge < -0.3 is 0 Å². The number of benzene rings is 1. The van der Waals surface area contributed by atoms with Crippen LogP contribution in [-0.2, 0) is 6.54 Å². The second kappa shape index (κ2) is 5.14. The van der Waals surface area contributed by atoms with Gasteiger partial charge >= 0.3 is 5.37 Å². The number of anilines is 1. The molecule has 0 unspecified atom stereocenters. The minimum Gasteiger partial charge on any atom is -0.294 e. The number of rotatable bonds is 3. The molecule has 0 fully saturated rings. The number of carbonyl (C=O) groups excluding carboxylic acids is 1. The van der Waals surface area contributed by atoms with E-state index in [0.717, 1.165) is 10.6 Å². The van der Waals surface area contributed by atoms with Crippen LogP contribution in [-0.4, -0.2) is 5.37 Å². The molecule has 0 aliphatic carbocycles. The van der Waals surface area contributed by atoms with Crippen LogP contribution < -0.4 is 4.90 Å². The standard InChI is InChI=1S/C12H10ClNOS/c13-12(15)14(9-11-7-4-8-16-11)10-5-2-1-3-6-10/h1-8H,9H2. The highest BCUT2D eigenvalue weighted by molar-refractivity contribution is 7.09. The van der Waals surface area contributed by atoms with Crippen molar-refractivity contribution in [2.24, 2.45) is 0 Å². The molecule has 82 valence electrons. The molecular weight excluding hydrogens is 242 g/mol. The molecule has 1 aromatic heterocycles. The maximum Gasteiger partial charge on any atom is 0.321 e. The Balaban J connectivity index is 2.22. The first-order chi connectivity index (χ1) is 7.77. The molecule has 4 heteroatoms. The van der Waals surface area contributed by atoms with Crippen molar-refractivity contribution in [3.63, 3.8) is 0 Å². The van der Waals surface area contributed by atoms with Crippen molar-refractivity contribution in [1.29, 1.82) is 0 Å². The lowest BCUT2D eigenvalue weighted by Crippen LogP contribution is -2.24. The van der Waals surface area contributed by atoms with Crippen LogP contribution in [0.15, 0.2) is 47.8 Å². The Morgan fingerprint density at radius 1 is 1.19 bits per heavy atom. The fraction of sp³-hybridized carbons (Fsp3) is 0.0833. The third-order valence-corrected chi connectivity index (χ3v) is 3.24. The zero-order valence-corrected chi connectivity index (χ0v) is 10.0. The van der Waals surface area contributed by atoms with Crippen LogP contribution in [0.25, 0.3) is 0 Å². The predicted octanol–water partition coefficient (Wildman–Crippen LogP) is 4.11. The van der Waals surface area contributed by atoms with E-state index >= 15 is 0 Å². The van der Waals surface area contributed by atoms with Crippen LogP contribution in [0.3, 0.4) is 0 Å². The van der Waals surface area contributed by atoms with Crippen molar-refractivity contribution in [2.45, 2.75) is 6.54 Å². The Morgan fingerprint density at radius 3 is 2.50 bits per heavy atom. The summed E-state index contributed by atoms with van der Waals surface area (Å²) in [4.78, 5) is 14.0. The SMILES string of the molecule is O=C(Cl)N(Cc1cccs1)c1ccccc1. The van der Waals surface area contributed by atoms with Crippen LogP contribution in [0, 0.1) is 0 Å². The highest BCUT2D eigenvalue weighted by Crippen LogP contribution is 2.20. The number of thiophene rings is 1. The minimum absolute atomic E-state index is 0.459. The molecule has 0 saturated carbocycles. The summed E-state index contributed by atoms with van der Waals surface area (Å²) in [7, 11) is 0. The summed E-state index contributed by atoms with van der Waals surface area (Å²) in [6.45, 7) is 0.518. The van der Waals surface area contributed by atoms with Crippen LogP contribution >= 0.6 is 22.9 Å². The minimum atomic E-state index is -0.459. The fourth-order valence-electron chi connectivity index (χ4n) is 1.42. The van der Waals surface area contributed by atoms with Gasteiger partial charge in [0.1, 0.15) is 0 Å². The van der Waals surface area contributed by atoms with Gasteiger partial charge in [-0.05, 0) is 35.2 Å². The largest absolute Gasteiger partial charge is 0.321 e. The van der Waals surface area contributed by atoms with E-state index in [1.165, 1.54) is 0 Å². The lowest BCUT2D eigenvalue weighted by atomic mass is 10.3. The molecule has 0 saturated heterocycles. The first-order valence-electron chi connectivity index (χ1n) is 4.82. The zero-order valence-electron chi connectivity index (χ0n) is 8.47. The predicted molar refractivity (Wildman–Crippen MR) is 68.2 cm³/mol. The maximum absolute atomic E-state index is 11.4. The van der Waals surface area contributed by atoms with Gasteiger partial charge in [0.15, 0.2) is 0 Å². The van der Waals surface area contributed by atoms with Crippen molar-refractivity contribution in [3.05, 3.63) is 52.7 Å². The highest BCUT2D eigenvalue weighted by Gasteiger charge is 2.13. The molecule has 1 aromatic carbocycles. The average Bonchev–Trinajstić information content (AvgIpc) is 2.79. The number of para-hydroxylation sites is 1. The Kier molecular flexibility index (Phi) is 3.59. The van der Waals surface area contributed by atoms with Crippen LogP contribution in [0.4, 0.5) is 10.5 Å². The van der Waals surface area contributed by atoms with Gasteiger partial charge in [-0.15, -0.1) is 11.3 Å². The van der Waals surface area contributed by atoms with Gasteiger partial charge in [-0.3, -0.25) is 9.69 Å². The van der Waals surface area contributed by atoms with Gasteiger partial charge in [-0.1, -0.05) is 24.3 Å². The van der Waals surface area contributed by atoms with Gasteiger partial charge in [0.2, 0.25) is 0 Å². The van der Waals surface area contributed by atoms with Gasteiger partial charge in [-0.25, -0.2) is 0 Å².